The third-order valence-corrected chi connectivity index (χ3v) is 7.84. The first-order valence-corrected chi connectivity index (χ1v) is 12.7. The highest BCUT2D eigenvalue weighted by Crippen LogP contribution is 2.49. The SMILES string of the molecule is CCN1/C(=C\C=C2/SC(=S)N(c3ccccc3)C2=O)C(C)(C)c2cc(-c3ccccc3)ccc21. The number of benzene rings is 3. The number of carbonyl (C=O) groups is 1. The summed E-state index contributed by atoms with van der Waals surface area (Å²) < 4.78 is 0.565. The van der Waals surface area contributed by atoms with E-state index in [1.54, 1.807) is 4.90 Å². The van der Waals surface area contributed by atoms with Crippen LogP contribution in [-0.2, 0) is 10.2 Å². The molecule has 2 aliphatic heterocycles. The molecule has 0 bridgehead atoms. The number of thioether (sulfide) groups is 1. The maximum atomic E-state index is 13.2. The summed E-state index contributed by atoms with van der Waals surface area (Å²) in [5, 5.41) is 0. The molecule has 0 radical (unpaired) electrons. The minimum atomic E-state index is -0.195. The lowest BCUT2D eigenvalue weighted by atomic mass is 9.82. The second-order valence-corrected chi connectivity index (χ2v) is 10.6. The Kier molecular flexibility index (Phi) is 5.92. The van der Waals surface area contributed by atoms with Crippen LogP contribution in [0.4, 0.5) is 11.4 Å². The molecule has 2 heterocycles. The van der Waals surface area contributed by atoms with Crippen molar-refractivity contribution in [1.29, 1.82) is 0 Å². The molecule has 0 saturated carbocycles. The average Bonchev–Trinajstić information content (AvgIpc) is 3.26. The van der Waals surface area contributed by atoms with Crippen LogP contribution in [0, 0.1) is 0 Å². The van der Waals surface area contributed by atoms with E-state index in [0.717, 1.165) is 12.2 Å². The van der Waals surface area contributed by atoms with Crippen molar-refractivity contribution in [2.75, 3.05) is 16.3 Å². The first-order chi connectivity index (χ1) is 16.4. The van der Waals surface area contributed by atoms with Crippen molar-refractivity contribution in [3.8, 4) is 11.1 Å². The van der Waals surface area contributed by atoms with E-state index >= 15 is 0 Å². The van der Waals surface area contributed by atoms with E-state index in [4.69, 9.17) is 12.2 Å². The Hall–Kier alpha value is -3.15. The van der Waals surface area contributed by atoms with Crippen LogP contribution in [0.1, 0.15) is 26.3 Å². The van der Waals surface area contributed by atoms with Crippen molar-refractivity contribution in [3.05, 3.63) is 107 Å². The quantitative estimate of drug-likeness (QED) is 0.287. The minimum Gasteiger partial charge on any atom is -0.344 e. The van der Waals surface area contributed by atoms with Crippen molar-refractivity contribution in [1.82, 2.24) is 0 Å². The summed E-state index contributed by atoms with van der Waals surface area (Å²) in [5.41, 5.74) is 6.74. The fourth-order valence-corrected chi connectivity index (χ4v) is 6.00. The maximum Gasteiger partial charge on any atom is 0.270 e. The third-order valence-electron chi connectivity index (χ3n) is 6.52. The van der Waals surface area contributed by atoms with Crippen LogP contribution in [0.3, 0.4) is 0 Å². The lowest BCUT2D eigenvalue weighted by Gasteiger charge is -2.25. The summed E-state index contributed by atoms with van der Waals surface area (Å²) in [7, 11) is 0. The van der Waals surface area contributed by atoms with Gasteiger partial charge >= 0.3 is 0 Å². The van der Waals surface area contributed by atoms with Gasteiger partial charge < -0.3 is 4.90 Å². The summed E-state index contributed by atoms with van der Waals surface area (Å²) in [5.74, 6) is -0.0687. The molecule has 34 heavy (non-hydrogen) atoms. The highest BCUT2D eigenvalue weighted by atomic mass is 32.2. The molecule has 5 heteroatoms. The Balaban J connectivity index is 1.51. The van der Waals surface area contributed by atoms with Crippen LogP contribution in [0.2, 0.25) is 0 Å². The Bertz CT molecular complexity index is 1330. The van der Waals surface area contributed by atoms with Crippen molar-refractivity contribution >= 4 is 45.6 Å². The number of amides is 1. The summed E-state index contributed by atoms with van der Waals surface area (Å²) in [6, 6.07) is 26.8. The fourth-order valence-electron chi connectivity index (χ4n) is 4.76. The Morgan fingerprint density at radius 1 is 0.912 bits per heavy atom. The second-order valence-electron chi connectivity index (χ2n) is 8.89. The van der Waals surface area contributed by atoms with E-state index in [1.807, 2.05) is 42.5 Å². The van der Waals surface area contributed by atoms with Gasteiger partial charge in [-0.05, 0) is 60.0 Å². The Morgan fingerprint density at radius 3 is 2.26 bits per heavy atom. The van der Waals surface area contributed by atoms with Gasteiger partial charge in [-0.3, -0.25) is 9.69 Å². The van der Waals surface area contributed by atoms with E-state index in [1.165, 1.54) is 39.8 Å². The molecule has 0 N–H and O–H groups in total. The highest BCUT2D eigenvalue weighted by Gasteiger charge is 2.40. The first-order valence-electron chi connectivity index (χ1n) is 11.4. The van der Waals surface area contributed by atoms with Gasteiger partial charge in [0, 0.05) is 23.3 Å². The van der Waals surface area contributed by atoms with E-state index in [2.05, 4.69) is 74.2 Å². The van der Waals surface area contributed by atoms with Crippen LogP contribution in [0.5, 0.6) is 0 Å². The predicted molar refractivity (Wildman–Crippen MR) is 148 cm³/mol. The molecule has 2 aliphatic rings. The molecule has 1 saturated heterocycles. The zero-order valence-corrected chi connectivity index (χ0v) is 21.1. The molecule has 5 rings (SSSR count). The molecule has 0 spiro atoms. The van der Waals surface area contributed by atoms with Crippen molar-refractivity contribution < 1.29 is 4.79 Å². The van der Waals surface area contributed by atoms with Gasteiger partial charge in [0.1, 0.15) is 0 Å². The van der Waals surface area contributed by atoms with Gasteiger partial charge in [0.2, 0.25) is 0 Å². The number of likely N-dealkylation sites (N-methyl/N-ethyl adjacent to an activating group) is 1. The number of hydrogen-bond donors (Lipinski definition) is 0. The summed E-state index contributed by atoms with van der Waals surface area (Å²) in [6.45, 7) is 7.53. The normalized spacial score (nSPS) is 19.4. The van der Waals surface area contributed by atoms with Crippen LogP contribution in [0.25, 0.3) is 11.1 Å². The second kappa shape index (κ2) is 8.90. The zero-order valence-electron chi connectivity index (χ0n) is 19.5. The topological polar surface area (TPSA) is 23.6 Å². The largest absolute Gasteiger partial charge is 0.344 e. The number of anilines is 2. The van der Waals surface area contributed by atoms with E-state index in [9.17, 15) is 4.79 Å². The van der Waals surface area contributed by atoms with Gasteiger partial charge in [0.05, 0.1) is 10.6 Å². The summed E-state index contributed by atoms with van der Waals surface area (Å²) in [4.78, 5) is 17.8. The maximum absolute atomic E-state index is 13.2. The van der Waals surface area contributed by atoms with Crippen molar-refractivity contribution in [2.45, 2.75) is 26.2 Å². The fraction of sp³-hybridized carbons (Fsp3) is 0.172. The van der Waals surface area contributed by atoms with Gasteiger partial charge in [0.15, 0.2) is 4.32 Å². The highest BCUT2D eigenvalue weighted by molar-refractivity contribution is 8.27. The number of rotatable bonds is 4. The number of hydrogen-bond acceptors (Lipinski definition) is 4. The van der Waals surface area contributed by atoms with Gasteiger partial charge in [-0.2, -0.15) is 0 Å². The first kappa shape index (κ1) is 22.6. The molecule has 0 aliphatic carbocycles. The van der Waals surface area contributed by atoms with E-state index < -0.39 is 0 Å². The van der Waals surface area contributed by atoms with Crippen LogP contribution < -0.4 is 9.80 Å². The predicted octanol–water partition coefficient (Wildman–Crippen LogP) is 7.30. The molecule has 170 valence electrons. The molecule has 1 fully saturated rings. The lowest BCUT2D eigenvalue weighted by Crippen LogP contribution is -2.27. The Labute approximate surface area is 210 Å². The van der Waals surface area contributed by atoms with Gasteiger partial charge in [-0.25, -0.2) is 0 Å². The molecule has 1 amide bonds. The zero-order chi connectivity index (χ0) is 23.9. The number of carbonyl (C=O) groups excluding carboxylic acids is 1. The molecular weight excluding hydrogens is 456 g/mol. The number of thiocarbonyl (C=S) groups is 1. The van der Waals surface area contributed by atoms with Crippen LogP contribution in [-0.4, -0.2) is 16.8 Å². The average molecular weight is 483 g/mol. The van der Waals surface area contributed by atoms with Crippen LogP contribution in [0.15, 0.2) is 102 Å². The number of allylic oxidation sites excluding steroid dienone is 3. The van der Waals surface area contributed by atoms with E-state index in [0.29, 0.717) is 9.23 Å². The molecule has 0 atom stereocenters. The smallest absolute Gasteiger partial charge is 0.270 e. The summed E-state index contributed by atoms with van der Waals surface area (Å²) in [6.07, 6.45) is 4.04. The monoisotopic (exact) mass is 482 g/mol. The van der Waals surface area contributed by atoms with Crippen LogP contribution >= 0.6 is 24.0 Å². The molecular formula is C29H26N2OS2. The number of fused-ring (bicyclic) bond motifs is 1. The van der Waals surface area contributed by atoms with Gasteiger partial charge in [0.25, 0.3) is 5.91 Å². The standard InChI is InChI=1S/C29H26N2OS2/c1-4-30-24-16-15-21(20-11-7-5-8-12-20)19-23(24)29(2,3)26(30)18-17-25-27(32)31(28(33)34-25)22-13-9-6-10-14-22/h5-19H,4H2,1-3H3/b25-17-,26-18-. The summed E-state index contributed by atoms with van der Waals surface area (Å²) >= 11 is 6.89. The molecule has 0 aromatic heterocycles. The molecule has 3 aromatic carbocycles. The van der Waals surface area contributed by atoms with E-state index in [-0.39, 0.29) is 11.3 Å². The van der Waals surface area contributed by atoms with Gasteiger partial charge in [-0.15, -0.1) is 0 Å². The number of nitrogens with zero attached hydrogens (tertiary/aromatic N) is 2. The van der Waals surface area contributed by atoms with Gasteiger partial charge in [-0.1, -0.05) is 92.4 Å². The molecule has 0 unspecified atom stereocenters. The van der Waals surface area contributed by atoms with Crippen molar-refractivity contribution in [3.63, 3.8) is 0 Å². The minimum absolute atomic E-state index is 0.0687. The molecule has 3 nitrogen and oxygen atoms in total. The molecule has 3 aromatic rings. The number of para-hydroxylation sites is 1. The van der Waals surface area contributed by atoms with Crippen molar-refractivity contribution in [2.24, 2.45) is 0 Å². The lowest BCUT2D eigenvalue weighted by molar-refractivity contribution is -0.113. The third kappa shape index (κ3) is 3.79. The Morgan fingerprint density at radius 2 is 1.59 bits per heavy atom.